The van der Waals surface area contributed by atoms with Crippen LogP contribution in [0.1, 0.15) is 31.9 Å². The van der Waals surface area contributed by atoms with Crippen molar-refractivity contribution in [1.29, 1.82) is 0 Å². The summed E-state index contributed by atoms with van der Waals surface area (Å²) in [5, 5.41) is 3.55. The molecular formula is C18H30N4. The molecule has 1 aliphatic rings. The minimum Gasteiger partial charge on any atom is -0.355 e. The van der Waals surface area contributed by atoms with Crippen LogP contribution in [-0.2, 0) is 13.0 Å². The molecule has 0 aromatic heterocycles. The summed E-state index contributed by atoms with van der Waals surface area (Å²) in [6, 6.07) is 9.25. The normalized spacial score (nSPS) is 16.6. The van der Waals surface area contributed by atoms with Gasteiger partial charge in [-0.1, -0.05) is 38.1 Å². The third kappa shape index (κ3) is 4.01. The van der Waals surface area contributed by atoms with E-state index in [0.717, 1.165) is 45.1 Å². The molecule has 2 rings (SSSR count). The Morgan fingerprint density at radius 2 is 1.95 bits per heavy atom. The second kappa shape index (κ2) is 8.18. The van der Waals surface area contributed by atoms with Crippen LogP contribution in [0.25, 0.3) is 0 Å². The number of hydrogen-bond acceptors (Lipinski definition) is 2. The molecule has 4 nitrogen and oxygen atoms in total. The van der Waals surface area contributed by atoms with E-state index in [0.29, 0.717) is 6.04 Å². The van der Waals surface area contributed by atoms with Gasteiger partial charge in [0, 0.05) is 32.7 Å². The molecule has 0 radical (unpaired) electrons. The SMILES string of the molecule is CCN(CC)C(C)CNC(=NC)N1CCc2ccccc2C1. The predicted octanol–water partition coefficient (Wildman–Crippen LogP) is 2.35. The highest BCUT2D eigenvalue weighted by Gasteiger charge is 2.19. The van der Waals surface area contributed by atoms with Crippen LogP contribution in [0.5, 0.6) is 0 Å². The largest absolute Gasteiger partial charge is 0.355 e. The van der Waals surface area contributed by atoms with Gasteiger partial charge in [0.05, 0.1) is 0 Å². The van der Waals surface area contributed by atoms with E-state index < -0.39 is 0 Å². The smallest absolute Gasteiger partial charge is 0.194 e. The summed E-state index contributed by atoms with van der Waals surface area (Å²) in [7, 11) is 1.88. The molecule has 0 bridgehead atoms. The number of rotatable bonds is 5. The van der Waals surface area contributed by atoms with Crippen molar-refractivity contribution in [2.45, 2.75) is 39.8 Å². The summed E-state index contributed by atoms with van der Waals surface area (Å²) in [6.07, 6.45) is 1.10. The quantitative estimate of drug-likeness (QED) is 0.669. The first kappa shape index (κ1) is 16.8. The van der Waals surface area contributed by atoms with E-state index in [2.05, 4.69) is 65.1 Å². The number of aliphatic imine (C=N–C) groups is 1. The predicted molar refractivity (Wildman–Crippen MR) is 94.3 cm³/mol. The van der Waals surface area contributed by atoms with Gasteiger partial charge < -0.3 is 10.2 Å². The van der Waals surface area contributed by atoms with Crippen LogP contribution in [-0.4, -0.2) is 55.0 Å². The molecule has 1 N–H and O–H groups in total. The van der Waals surface area contributed by atoms with E-state index in [1.807, 2.05) is 7.05 Å². The van der Waals surface area contributed by atoms with Gasteiger partial charge in [0.25, 0.3) is 0 Å². The first-order valence-electron chi connectivity index (χ1n) is 8.46. The van der Waals surface area contributed by atoms with Crippen molar-refractivity contribution >= 4 is 5.96 Å². The molecule has 0 fully saturated rings. The Hall–Kier alpha value is -1.55. The summed E-state index contributed by atoms with van der Waals surface area (Å²) >= 11 is 0. The Balaban J connectivity index is 1.93. The molecule has 0 saturated carbocycles. The number of nitrogens with zero attached hydrogens (tertiary/aromatic N) is 3. The highest BCUT2D eigenvalue weighted by Crippen LogP contribution is 2.18. The summed E-state index contributed by atoms with van der Waals surface area (Å²) in [6.45, 7) is 11.8. The second-order valence-electron chi connectivity index (χ2n) is 5.94. The summed E-state index contributed by atoms with van der Waals surface area (Å²) in [5.74, 6) is 1.02. The lowest BCUT2D eigenvalue weighted by Gasteiger charge is -2.33. The molecule has 0 amide bonds. The van der Waals surface area contributed by atoms with Crippen LogP contribution in [0.2, 0.25) is 0 Å². The average molecular weight is 302 g/mol. The number of fused-ring (bicyclic) bond motifs is 1. The highest BCUT2D eigenvalue weighted by atomic mass is 15.3. The minimum absolute atomic E-state index is 0.517. The van der Waals surface area contributed by atoms with E-state index in [-0.39, 0.29) is 0 Å². The van der Waals surface area contributed by atoms with Crippen molar-refractivity contribution in [3.8, 4) is 0 Å². The molecule has 1 aromatic carbocycles. The summed E-state index contributed by atoms with van der Waals surface area (Å²) in [4.78, 5) is 9.30. The van der Waals surface area contributed by atoms with Crippen LogP contribution in [0.4, 0.5) is 0 Å². The minimum atomic E-state index is 0.517. The first-order chi connectivity index (χ1) is 10.7. The Morgan fingerprint density at radius 1 is 1.27 bits per heavy atom. The van der Waals surface area contributed by atoms with Crippen molar-refractivity contribution < 1.29 is 0 Å². The maximum atomic E-state index is 4.48. The van der Waals surface area contributed by atoms with Crippen molar-refractivity contribution in [3.63, 3.8) is 0 Å². The van der Waals surface area contributed by atoms with Crippen molar-refractivity contribution in [2.24, 2.45) is 4.99 Å². The van der Waals surface area contributed by atoms with Crippen molar-refractivity contribution in [3.05, 3.63) is 35.4 Å². The summed E-state index contributed by atoms with van der Waals surface area (Å²) < 4.78 is 0. The van der Waals surface area contributed by atoms with Gasteiger partial charge in [0.2, 0.25) is 0 Å². The molecule has 1 atom stereocenters. The topological polar surface area (TPSA) is 30.9 Å². The summed E-state index contributed by atoms with van der Waals surface area (Å²) in [5.41, 5.74) is 2.90. The van der Waals surface area contributed by atoms with Crippen LogP contribution >= 0.6 is 0 Å². The monoisotopic (exact) mass is 302 g/mol. The molecule has 1 aromatic rings. The molecule has 122 valence electrons. The van der Waals surface area contributed by atoms with Gasteiger partial charge >= 0.3 is 0 Å². The number of likely N-dealkylation sites (N-methyl/N-ethyl adjacent to an activating group) is 1. The fourth-order valence-electron chi connectivity index (χ4n) is 3.22. The average Bonchev–Trinajstić information content (AvgIpc) is 2.56. The fourth-order valence-corrected chi connectivity index (χ4v) is 3.22. The van der Waals surface area contributed by atoms with Crippen molar-refractivity contribution in [1.82, 2.24) is 15.1 Å². The fraction of sp³-hybridized carbons (Fsp3) is 0.611. The molecule has 22 heavy (non-hydrogen) atoms. The number of nitrogens with one attached hydrogen (secondary N) is 1. The van der Waals surface area contributed by atoms with Gasteiger partial charge in [-0.15, -0.1) is 0 Å². The third-order valence-electron chi connectivity index (χ3n) is 4.63. The van der Waals surface area contributed by atoms with Gasteiger partial charge in [-0.2, -0.15) is 0 Å². The zero-order valence-corrected chi connectivity index (χ0v) is 14.5. The maximum absolute atomic E-state index is 4.48. The van der Waals surface area contributed by atoms with E-state index >= 15 is 0 Å². The lowest BCUT2D eigenvalue weighted by molar-refractivity contribution is 0.229. The number of benzene rings is 1. The molecule has 0 saturated heterocycles. The van der Waals surface area contributed by atoms with Gasteiger partial charge in [-0.05, 0) is 37.6 Å². The van der Waals surface area contributed by atoms with Gasteiger partial charge in [-0.3, -0.25) is 9.89 Å². The Morgan fingerprint density at radius 3 is 2.59 bits per heavy atom. The zero-order valence-electron chi connectivity index (χ0n) is 14.5. The van der Waals surface area contributed by atoms with Crippen LogP contribution in [0.15, 0.2) is 29.3 Å². The van der Waals surface area contributed by atoms with Crippen molar-refractivity contribution in [2.75, 3.05) is 33.2 Å². The molecule has 1 aliphatic heterocycles. The molecule has 0 aliphatic carbocycles. The van der Waals surface area contributed by atoms with Crippen LogP contribution in [0, 0.1) is 0 Å². The zero-order chi connectivity index (χ0) is 15.9. The Kier molecular flexibility index (Phi) is 6.25. The van der Waals surface area contributed by atoms with Gasteiger partial charge in [0.15, 0.2) is 5.96 Å². The molecular weight excluding hydrogens is 272 g/mol. The van der Waals surface area contributed by atoms with E-state index in [9.17, 15) is 0 Å². The van der Waals surface area contributed by atoms with Gasteiger partial charge in [-0.25, -0.2) is 0 Å². The highest BCUT2D eigenvalue weighted by molar-refractivity contribution is 5.80. The van der Waals surface area contributed by atoms with E-state index in [4.69, 9.17) is 0 Å². The molecule has 0 spiro atoms. The third-order valence-corrected chi connectivity index (χ3v) is 4.63. The first-order valence-corrected chi connectivity index (χ1v) is 8.46. The second-order valence-corrected chi connectivity index (χ2v) is 5.94. The number of hydrogen-bond donors (Lipinski definition) is 1. The van der Waals surface area contributed by atoms with Crippen LogP contribution < -0.4 is 5.32 Å². The van der Waals surface area contributed by atoms with E-state index in [1.54, 1.807) is 0 Å². The molecule has 4 heteroatoms. The maximum Gasteiger partial charge on any atom is 0.194 e. The standard InChI is InChI=1S/C18H30N4/c1-5-21(6-2)15(3)13-20-18(19-4)22-12-11-16-9-7-8-10-17(16)14-22/h7-10,15H,5-6,11-14H2,1-4H3,(H,19,20). The lowest BCUT2D eigenvalue weighted by atomic mass is 10.0. The molecule has 1 unspecified atom stereocenters. The Labute approximate surface area is 135 Å². The Bertz CT molecular complexity index is 494. The van der Waals surface area contributed by atoms with Crippen LogP contribution in [0.3, 0.4) is 0 Å². The number of guanidine groups is 1. The molecule has 1 heterocycles. The van der Waals surface area contributed by atoms with E-state index in [1.165, 1.54) is 11.1 Å². The lowest BCUT2D eigenvalue weighted by Crippen LogP contribution is -2.48. The van der Waals surface area contributed by atoms with Gasteiger partial charge in [0.1, 0.15) is 0 Å².